The Morgan fingerprint density at radius 3 is 1.73 bits per heavy atom. The Balaban J connectivity index is 0.000000395. The lowest BCUT2D eigenvalue weighted by atomic mass is 10.1. The Labute approximate surface area is 308 Å². The van der Waals surface area contributed by atoms with Crippen LogP contribution in [0.2, 0.25) is 0 Å². The fourth-order valence-electron chi connectivity index (χ4n) is 4.05. The lowest BCUT2D eigenvalue weighted by Gasteiger charge is -2.18. The van der Waals surface area contributed by atoms with Crippen molar-refractivity contribution >= 4 is 67.5 Å². The number of primary sulfonamides is 1. The highest BCUT2D eigenvalue weighted by molar-refractivity contribution is 8.13. The Hall–Kier alpha value is -4.30. The molecule has 13 nitrogen and oxygen atoms in total. The molecule has 3 N–H and O–H groups in total. The lowest BCUT2D eigenvalue weighted by molar-refractivity contribution is 0.430. The van der Waals surface area contributed by atoms with Crippen LogP contribution in [0.3, 0.4) is 0 Å². The molecule has 2 atom stereocenters. The van der Waals surface area contributed by atoms with Crippen molar-refractivity contribution in [2.75, 3.05) is 32.4 Å². The minimum atomic E-state index is -3.64. The molecule has 0 bridgehead atoms. The SMILES string of the molecule is CC#N.CCN=C(NS(=O)(=O)/C=C/c1ccccc1)N1CC(CC)C=N1.CCN=C(SC)N1CC(CC)C=N1.NS(=O)(=O)/C=C/c1ccccc1. The molecule has 2 aliphatic heterocycles. The number of aliphatic imine (C=N–C) groups is 2. The molecule has 4 rings (SSSR count). The molecule has 51 heavy (non-hydrogen) atoms. The molecule has 0 amide bonds. The van der Waals surface area contributed by atoms with Gasteiger partial charge in [-0.05, 0) is 56.2 Å². The van der Waals surface area contributed by atoms with Gasteiger partial charge in [-0.1, -0.05) is 86.3 Å². The molecule has 2 aliphatic rings. The zero-order chi connectivity index (χ0) is 38.1. The summed E-state index contributed by atoms with van der Waals surface area (Å²) in [7, 11) is -7.14. The molecule has 2 aromatic carbocycles. The summed E-state index contributed by atoms with van der Waals surface area (Å²) < 4.78 is 48.0. The van der Waals surface area contributed by atoms with E-state index in [1.807, 2.05) is 86.1 Å². The van der Waals surface area contributed by atoms with E-state index in [0.29, 0.717) is 24.9 Å². The summed E-state index contributed by atoms with van der Waals surface area (Å²) in [5, 5.41) is 27.4. The molecular formula is C35H51N9O4S3. The average molecular weight is 758 g/mol. The van der Waals surface area contributed by atoms with Crippen molar-refractivity contribution < 1.29 is 16.8 Å². The zero-order valence-corrected chi connectivity index (χ0v) is 32.7. The normalized spacial score (nSPS) is 17.3. The van der Waals surface area contributed by atoms with Crippen LogP contribution in [0.1, 0.15) is 58.6 Å². The maximum Gasteiger partial charge on any atom is 0.257 e. The summed E-state index contributed by atoms with van der Waals surface area (Å²) in [6, 6.07) is 20.1. The first-order chi connectivity index (χ1) is 24.3. The Morgan fingerprint density at radius 2 is 1.31 bits per heavy atom. The number of hydrazone groups is 2. The van der Waals surface area contributed by atoms with E-state index in [4.69, 9.17) is 10.4 Å². The lowest BCUT2D eigenvalue weighted by Crippen LogP contribution is -2.40. The van der Waals surface area contributed by atoms with Crippen molar-refractivity contribution in [2.24, 2.45) is 37.2 Å². The van der Waals surface area contributed by atoms with Gasteiger partial charge in [0.1, 0.15) is 0 Å². The molecule has 2 aromatic rings. The van der Waals surface area contributed by atoms with Gasteiger partial charge in [0.15, 0.2) is 5.17 Å². The van der Waals surface area contributed by atoms with Crippen LogP contribution < -0.4 is 9.86 Å². The predicted molar refractivity (Wildman–Crippen MR) is 215 cm³/mol. The molecule has 0 spiro atoms. The minimum Gasteiger partial charge on any atom is -0.261 e. The molecule has 0 saturated heterocycles. The number of nitriles is 1. The number of hydrogen-bond donors (Lipinski definition) is 2. The first-order valence-corrected chi connectivity index (χ1v) is 20.8. The maximum absolute atomic E-state index is 12.2. The number of guanidine groups is 1. The number of amidine groups is 1. The van der Waals surface area contributed by atoms with Crippen LogP contribution in [0.4, 0.5) is 0 Å². The van der Waals surface area contributed by atoms with E-state index in [-0.39, 0.29) is 5.96 Å². The van der Waals surface area contributed by atoms with E-state index in [1.165, 1.54) is 13.0 Å². The van der Waals surface area contributed by atoms with Crippen LogP contribution in [0.5, 0.6) is 0 Å². The molecule has 278 valence electrons. The van der Waals surface area contributed by atoms with Crippen molar-refractivity contribution in [1.82, 2.24) is 14.7 Å². The maximum atomic E-state index is 12.2. The third-order valence-corrected chi connectivity index (χ3v) is 8.85. The van der Waals surface area contributed by atoms with E-state index in [0.717, 1.165) is 53.0 Å². The topological polar surface area (TPSA) is 186 Å². The largest absolute Gasteiger partial charge is 0.261 e. The van der Waals surface area contributed by atoms with Gasteiger partial charge in [0.05, 0.1) is 24.6 Å². The molecule has 0 aliphatic carbocycles. The Bertz CT molecular complexity index is 1740. The minimum absolute atomic E-state index is 0.261. The Kier molecular flexibility index (Phi) is 21.7. The standard InChI is InChI=1S/C16H22N4O2S.C9H17N3S.C8H9NO2S.C2H3N/c1-3-14-12-18-20(13-14)16(17-4-2)19-23(21,22)11-10-15-8-6-5-7-9-15;1-4-8-6-11-12(7-8)9(13-3)10-5-2;9-12(10,11)7-6-8-4-2-1-3-5-8;1-2-3/h5-12,14H,3-4,13H2,1-2H3,(H,17,19);6,8H,4-5,7H2,1-3H3;1-7H,(H2,9,10,11);1H3/b11-10+;;7-6+;. The first kappa shape index (κ1) is 44.7. The van der Waals surface area contributed by atoms with E-state index >= 15 is 0 Å². The number of benzene rings is 2. The van der Waals surface area contributed by atoms with Gasteiger partial charge in [-0.25, -0.2) is 36.7 Å². The first-order valence-electron chi connectivity index (χ1n) is 16.4. The summed E-state index contributed by atoms with van der Waals surface area (Å²) in [4.78, 5) is 8.60. The van der Waals surface area contributed by atoms with Crippen molar-refractivity contribution in [3.8, 4) is 6.07 Å². The highest BCUT2D eigenvalue weighted by Crippen LogP contribution is 2.16. The van der Waals surface area contributed by atoms with Gasteiger partial charge < -0.3 is 0 Å². The van der Waals surface area contributed by atoms with Crippen LogP contribution in [0.25, 0.3) is 12.2 Å². The summed E-state index contributed by atoms with van der Waals surface area (Å²) in [5.41, 5.74) is 1.63. The molecule has 0 fully saturated rings. The van der Waals surface area contributed by atoms with Gasteiger partial charge in [-0.2, -0.15) is 15.5 Å². The van der Waals surface area contributed by atoms with E-state index < -0.39 is 20.0 Å². The summed E-state index contributed by atoms with van der Waals surface area (Å²) in [6.07, 6.45) is 11.0. The molecule has 16 heteroatoms. The van der Waals surface area contributed by atoms with Gasteiger partial charge in [-0.3, -0.25) is 9.98 Å². The molecular weight excluding hydrogens is 707 g/mol. The second kappa shape index (κ2) is 24.8. The third-order valence-electron chi connectivity index (χ3n) is 6.67. The fourth-order valence-corrected chi connectivity index (χ4v) is 5.82. The molecule has 2 unspecified atom stereocenters. The molecule has 0 saturated carbocycles. The highest BCUT2D eigenvalue weighted by Gasteiger charge is 2.23. The predicted octanol–water partition coefficient (Wildman–Crippen LogP) is 5.81. The quantitative estimate of drug-likeness (QED) is 0.237. The fraction of sp³-hybridized carbons (Fsp3) is 0.400. The zero-order valence-electron chi connectivity index (χ0n) is 30.2. The molecule has 0 aromatic heterocycles. The number of thioether (sulfide) groups is 1. The van der Waals surface area contributed by atoms with Crippen molar-refractivity contribution in [1.29, 1.82) is 5.26 Å². The second-order valence-electron chi connectivity index (χ2n) is 10.7. The van der Waals surface area contributed by atoms with Gasteiger partial charge >= 0.3 is 0 Å². The number of rotatable bonds is 9. The smallest absolute Gasteiger partial charge is 0.257 e. The van der Waals surface area contributed by atoms with Crippen molar-refractivity contribution in [2.45, 2.75) is 47.5 Å². The van der Waals surface area contributed by atoms with Gasteiger partial charge in [0.25, 0.3) is 10.0 Å². The summed E-state index contributed by atoms with van der Waals surface area (Å²) in [5.74, 6) is 1.19. The van der Waals surface area contributed by atoms with Crippen LogP contribution in [-0.4, -0.2) is 82.8 Å². The monoisotopic (exact) mass is 757 g/mol. The highest BCUT2D eigenvalue weighted by atomic mass is 32.2. The van der Waals surface area contributed by atoms with Crippen LogP contribution in [0, 0.1) is 23.2 Å². The Morgan fingerprint density at radius 1 is 0.863 bits per heavy atom. The van der Waals surface area contributed by atoms with Crippen LogP contribution in [-0.2, 0) is 20.0 Å². The second-order valence-corrected chi connectivity index (χ2v) is 14.5. The van der Waals surface area contributed by atoms with E-state index in [9.17, 15) is 16.8 Å². The number of hydrogen-bond acceptors (Lipinski definition) is 10. The number of nitrogens with zero attached hydrogens (tertiary/aromatic N) is 7. The third kappa shape index (κ3) is 19.6. The molecule has 0 radical (unpaired) electrons. The van der Waals surface area contributed by atoms with Crippen molar-refractivity contribution in [3.05, 3.63) is 82.6 Å². The number of nitrogens with one attached hydrogen (secondary N) is 1. The van der Waals surface area contributed by atoms with Crippen molar-refractivity contribution in [3.63, 3.8) is 0 Å². The van der Waals surface area contributed by atoms with E-state index in [1.54, 1.807) is 41.0 Å². The van der Waals surface area contributed by atoms with Gasteiger partial charge in [0, 0.05) is 49.7 Å². The van der Waals surface area contributed by atoms with Gasteiger partial charge in [0.2, 0.25) is 16.0 Å². The van der Waals surface area contributed by atoms with Gasteiger partial charge in [-0.15, -0.1) is 0 Å². The average Bonchev–Trinajstić information content (AvgIpc) is 3.81. The van der Waals surface area contributed by atoms with Crippen LogP contribution >= 0.6 is 11.8 Å². The molecule has 2 heterocycles. The summed E-state index contributed by atoms with van der Waals surface area (Å²) in [6.45, 7) is 12.5. The van der Waals surface area contributed by atoms with Crippen LogP contribution in [0.15, 0.2) is 91.7 Å². The van der Waals surface area contributed by atoms with E-state index in [2.05, 4.69) is 38.8 Å². The number of nitrogens with two attached hydrogens (primary N) is 1. The number of sulfonamides is 2. The summed E-state index contributed by atoms with van der Waals surface area (Å²) >= 11 is 1.67.